The fourth-order valence-corrected chi connectivity index (χ4v) is 1.50. The van der Waals surface area contributed by atoms with Crippen molar-refractivity contribution in [2.45, 2.75) is 6.92 Å². The molecule has 136 valence electrons. The third-order valence-electron chi connectivity index (χ3n) is 1.52. The van der Waals surface area contributed by atoms with E-state index in [1.807, 2.05) is 12.1 Å². The maximum atomic E-state index is 6.56. The molecule has 0 unspecified atom stereocenters. The zero-order valence-electron chi connectivity index (χ0n) is 13.7. The predicted octanol–water partition coefficient (Wildman–Crippen LogP) is 5.60. The molecule has 0 saturated heterocycles. The van der Waals surface area contributed by atoms with Crippen molar-refractivity contribution in [3.63, 3.8) is 0 Å². The van der Waals surface area contributed by atoms with Gasteiger partial charge in [0.05, 0.1) is 4.47 Å². The van der Waals surface area contributed by atoms with Crippen LogP contribution in [0.3, 0.4) is 0 Å². The molecule has 2 heterocycles. The van der Waals surface area contributed by atoms with Crippen LogP contribution in [0.4, 0.5) is 5.82 Å². The standard InChI is InChI=1S/C6H3BrN2.C5H3Br2N.C2H5.CN.3HI.Na.V/c1-8-6-3-2-5(7)4-9-6;6-4-1-2-5(7)8-3-4;2*1-2;;;;;/h2-4H;1-3H;1H2,2H3;;3*1H;;/q;;2*-1;;;;+1;+3/p-3. The summed E-state index contributed by atoms with van der Waals surface area (Å²) in [5.74, 6) is 0.429. The minimum Gasteiger partial charge on any atom is 1.00 e. The zero-order valence-corrected chi connectivity index (χ0v) is 28.3. The SMILES string of the molecule is Brc1ccc(Br)nc1.[C-]#N.[C-]#[N+]c1ccc(Br)cn1.[CH2-]C.[I][V]([I])[I].[Na+]. The van der Waals surface area contributed by atoms with Gasteiger partial charge in [-0.25, -0.2) is 4.98 Å². The Morgan fingerprint density at radius 1 is 0.962 bits per heavy atom. The van der Waals surface area contributed by atoms with E-state index in [9.17, 15) is 0 Å². The van der Waals surface area contributed by atoms with Crippen molar-refractivity contribution in [2.24, 2.45) is 0 Å². The minimum atomic E-state index is -0.278. The molecule has 26 heavy (non-hydrogen) atoms. The average Bonchev–Trinajstić information content (AvgIpc) is 2.62. The average molecular weight is 930 g/mol. The van der Waals surface area contributed by atoms with Crippen molar-refractivity contribution >= 4 is 114 Å². The molecule has 0 spiro atoms. The molecule has 0 radical (unpaired) electrons. The van der Waals surface area contributed by atoms with Crippen LogP contribution in [0.2, 0.25) is 0 Å². The molecule has 0 fully saturated rings. The van der Waals surface area contributed by atoms with E-state index in [2.05, 4.69) is 129 Å². The van der Waals surface area contributed by atoms with Crippen LogP contribution in [0.25, 0.3) is 4.85 Å². The van der Waals surface area contributed by atoms with Gasteiger partial charge in [0.1, 0.15) is 10.8 Å². The van der Waals surface area contributed by atoms with Crippen molar-refractivity contribution < 1.29 is 34.5 Å². The van der Waals surface area contributed by atoms with E-state index in [1.165, 1.54) is 0 Å². The van der Waals surface area contributed by atoms with Gasteiger partial charge in [-0.15, -0.1) is 4.98 Å². The van der Waals surface area contributed by atoms with E-state index >= 15 is 0 Å². The molecule has 0 saturated carbocycles. The monoisotopic (exact) mass is 927 g/mol. The first-order valence-electron chi connectivity index (χ1n) is 5.81. The van der Waals surface area contributed by atoms with Crippen molar-refractivity contribution in [3.05, 3.63) is 75.1 Å². The van der Waals surface area contributed by atoms with Crippen LogP contribution in [0.15, 0.2) is 50.2 Å². The Morgan fingerprint density at radius 3 is 1.58 bits per heavy atom. The van der Waals surface area contributed by atoms with Gasteiger partial charge in [0.25, 0.3) is 5.82 Å². The van der Waals surface area contributed by atoms with Crippen molar-refractivity contribution in [2.75, 3.05) is 0 Å². The van der Waals surface area contributed by atoms with Crippen molar-refractivity contribution in [1.82, 2.24) is 9.97 Å². The largest absolute Gasteiger partial charge is 1.00 e. The van der Waals surface area contributed by atoms with Crippen LogP contribution in [0, 0.1) is 25.3 Å². The molecule has 0 aliphatic heterocycles. The summed E-state index contributed by atoms with van der Waals surface area (Å²) in [5, 5.41) is 6.25. The molecule has 0 aliphatic carbocycles. The Morgan fingerprint density at radius 2 is 1.35 bits per heavy atom. The first-order valence-corrected chi connectivity index (χ1v) is 21.7. The van der Waals surface area contributed by atoms with Crippen molar-refractivity contribution in [3.8, 4) is 0 Å². The molecule has 0 atom stereocenters. The van der Waals surface area contributed by atoms with Crippen LogP contribution in [-0.2, 0) is 4.92 Å². The van der Waals surface area contributed by atoms with Gasteiger partial charge in [-0.2, -0.15) is 6.92 Å². The molecule has 0 aliphatic rings. The molecule has 0 aromatic carbocycles. The topological polar surface area (TPSA) is 53.9 Å². The molecule has 12 heteroatoms. The normalized spacial score (nSPS) is 7.46. The molecule has 0 bridgehead atoms. The second-order valence-electron chi connectivity index (χ2n) is 2.94. The van der Waals surface area contributed by atoms with Gasteiger partial charge in [-0.3, -0.25) is 0 Å². The molecule has 0 amide bonds. The maximum Gasteiger partial charge on any atom is 1.00 e. The van der Waals surface area contributed by atoms with E-state index in [1.54, 1.807) is 31.5 Å². The third-order valence-corrected chi connectivity index (χ3v) is 2.92. The quantitative estimate of drug-likeness (QED) is 0.150. The molecular formula is C14H11Br3I3N4NaV-. The van der Waals surface area contributed by atoms with Crippen LogP contribution in [0.1, 0.15) is 6.92 Å². The van der Waals surface area contributed by atoms with Crippen LogP contribution >= 0.6 is 108 Å². The summed E-state index contributed by atoms with van der Waals surface area (Å²) < 4.78 is 2.76. The Bertz CT molecular complexity index is 588. The first kappa shape index (κ1) is 35.9. The van der Waals surface area contributed by atoms with E-state index in [0.29, 0.717) is 5.82 Å². The fraction of sp³-hybridized carbons (Fsp3) is 0.0714. The van der Waals surface area contributed by atoms with Gasteiger partial charge in [0, 0.05) is 10.7 Å². The molecule has 0 N–H and O–H groups in total. The smallest absolute Gasteiger partial charge is 1.00 e. The van der Waals surface area contributed by atoms with Gasteiger partial charge >= 0.3 is 94.4 Å². The summed E-state index contributed by atoms with van der Waals surface area (Å²) in [6.45, 7) is 16.3. The summed E-state index contributed by atoms with van der Waals surface area (Å²) in [6, 6.07) is 7.26. The number of rotatable bonds is 0. The zero-order chi connectivity index (χ0) is 20.3. The number of hydrogen-bond donors (Lipinski definition) is 0. The number of hydrogen-bond acceptors (Lipinski definition) is 3. The van der Waals surface area contributed by atoms with Crippen LogP contribution in [0.5, 0.6) is 0 Å². The fourth-order valence-electron chi connectivity index (χ4n) is 0.792. The summed E-state index contributed by atoms with van der Waals surface area (Å²) in [5.41, 5.74) is 0. The van der Waals surface area contributed by atoms with Crippen LogP contribution < -0.4 is 29.6 Å². The predicted molar refractivity (Wildman–Crippen MR) is 136 cm³/mol. The molecule has 4 nitrogen and oxygen atoms in total. The minimum absolute atomic E-state index is 0. The summed E-state index contributed by atoms with van der Waals surface area (Å²) in [7, 11) is 0. The number of halogens is 6. The van der Waals surface area contributed by atoms with E-state index in [-0.39, 0.29) is 34.5 Å². The second-order valence-corrected chi connectivity index (χ2v) is 41.0. The Labute approximate surface area is 240 Å². The molecule has 2 rings (SSSR count). The first-order chi connectivity index (χ1) is 11.8. The molecule has 2 aromatic rings. The Hall–Kier alpha value is 2.49. The Balaban J connectivity index is -0.000000131. The van der Waals surface area contributed by atoms with E-state index in [4.69, 9.17) is 18.4 Å². The second kappa shape index (κ2) is 27.5. The van der Waals surface area contributed by atoms with Gasteiger partial charge in [-0.1, -0.05) is 12.6 Å². The number of pyridine rings is 2. The van der Waals surface area contributed by atoms with E-state index < -0.39 is 0 Å². The maximum absolute atomic E-state index is 6.56. The van der Waals surface area contributed by atoms with Crippen molar-refractivity contribution in [1.29, 1.82) is 5.26 Å². The summed E-state index contributed by atoms with van der Waals surface area (Å²) in [6.07, 6.45) is 3.34. The number of aromatic nitrogens is 2. The van der Waals surface area contributed by atoms with E-state index in [0.717, 1.165) is 13.5 Å². The number of nitrogens with zero attached hydrogens (tertiary/aromatic N) is 4. The summed E-state index contributed by atoms with van der Waals surface area (Å²) >= 11 is 17.1. The van der Waals surface area contributed by atoms with Gasteiger partial charge in [0.15, 0.2) is 0 Å². The molecule has 2 aromatic heterocycles. The third kappa shape index (κ3) is 28.7. The molecular weight excluding hydrogens is 919 g/mol. The Kier molecular flexibility index (Phi) is 38.0. The van der Waals surface area contributed by atoms with Crippen LogP contribution in [-0.4, -0.2) is 9.97 Å². The van der Waals surface area contributed by atoms with Gasteiger partial charge in [0.2, 0.25) is 0 Å². The van der Waals surface area contributed by atoms with Gasteiger partial charge in [-0.05, 0) is 66.0 Å². The van der Waals surface area contributed by atoms with Gasteiger partial charge < -0.3 is 23.6 Å². The summed E-state index contributed by atoms with van der Waals surface area (Å²) in [4.78, 5) is 10.6.